The van der Waals surface area contributed by atoms with E-state index in [1.165, 1.54) is 6.07 Å². The molecule has 0 aliphatic rings. The number of para-hydroxylation sites is 2. The molecule has 0 radical (unpaired) electrons. The van der Waals surface area contributed by atoms with E-state index in [1.807, 2.05) is 6.92 Å². The molecule has 0 fully saturated rings. The molecule has 0 aliphatic heterocycles. The van der Waals surface area contributed by atoms with E-state index in [2.05, 4.69) is 10.6 Å². The Morgan fingerprint density at radius 1 is 1.50 bits per heavy atom. The molecule has 0 aliphatic carbocycles. The molecule has 0 atom stereocenters. The van der Waals surface area contributed by atoms with Crippen molar-refractivity contribution in [3.63, 3.8) is 0 Å². The van der Waals surface area contributed by atoms with E-state index < -0.39 is 4.92 Å². The van der Waals surface area contributed by atoms with E-state index >= 15 is 0 Å². The molecule has 2 N–H and O–H groups in total. The molecule has 0 amide bonds. The van der Waals surface area contributed by atoms with Crippen LogP contribution in [-0.2, 0) is 0 Å². The van der Waals surface area contributed by atoms with Crippen molar-refractivity contribution in [3.05, 3.63) is 34.4 Å². The van der Waals surface area contributed by atoms with Gasteiger partial charge in [0.1, 0.15) is 5.69 Å². The Labute approximate surface area is 99.0 Å². The zero-order chi connectivity index (χ0) is 12.0. The highest BCUT2D eigenvalue weighted by atomic mass is 32.1. The topological polar surface area (TPSA) is 67.2 Å². The average Bonchev–Trinajstić information content (AvgIpc) is 2.27. The summed E-state index contributed by atoms with van der Waals surface area (Å²) in [5.74, 6) is 0. The average molecular weight is 239 g/mol. The maximum atomic E-state index is 10.7. The van der Waals surface area contributed by atoms with E-state index in [1.54, 1.807) is 18.2 Å². The largest absolute Gasteiger partial charge is 0.362 e. The lowest BCUT2D eigenvalue weighted by Crippen LogP contribution is -2.29. The van der Waals surface area contributed by atoms with Crippen LogP contribution in [0.1, 0.15) is 13.3 Å². The van der Waals surface area contributed by atoms with Gasteiger partial charge in [-0.05, 0) is 24.7 Å². The van der Waals surface area contributed by atoms with Gasteiger partial charge in [0, 0.05) is 12.6 Å². The molecule has 6 heteroatoms. The van der Waals surface area contributed by atoms with E-state index in [0.29, 0.717) is 10.8 Å². The second-order valence-electron chi connectivity index (χ2n) is 3.16. The van der Waals surface area contributed by atoms with Gasteiger partial charge >= 0.3 is 0 Å². The third-order valence-corrected chi connectivity index (χ3v) is 2.13. The van der Waals surface area contributed by atoms with Crippen LogP contribution in [0.25, 0.3) is 0 Å². The first kappa shape index (κ1) is 12.4. The van der Waals surface area contributed by atoms with Crippen molar-refractivity contribution < 1.29 is 4.92 Å². The number of thiocarbonyl (C=S) groups is 1. The van der Waals surface area contributed by atoms with E-state index in [9.17, 15) is 10.1 Å². The maximum Gasteiger partial charge on any atom is 0.292 e. The summed E-state index contributed by atoms with van der Waals surface area (Å²) in [7, 11) is 0. The Morgan fingerprint density at radius 2 is 2.19 bits per heavy atom. The predicted octanol–water partition coefficient (Wildman–Crippen LogP) is 2.29. The van der Waals surface area contributed by atoms with Crippen LogP contribution in [0.2, 0.25) is 0 Å². The quantitative estimate of drug-likeness (QED) is 0.479. The summed E-state index contributed by atoms with van der Waals surface area (Å²) in [5.41, 5.74) is 0.421. The summed E-state index contributed by atoms with van der Waals surface area (Å²) in [5, 5.41) is 16.9. The van der Waals surface area contributed by atoms with Gasteiger partial charge in [0.15, 0.2) is 5.11 Å². The van der Waals surface area contributed by atoms with Crippen LogP contribution < -0.4 is 10.6 Å². The van der Waals surface area contributed by atoms with Crippen LogP contribution in [0, 0.1) is 10.1 Å². The van der Waals surface area contributed by atoms with E-state index in [-0.39, 0.29) is 5.69 Å². The maximum absolute atomic E-state index is 10.7. The standard InChI is InChI=1S/C10H13N3O2S/c1-2-7-11-10(16)12-8-5-3-4-6-9(8)13(14)15/h3-6H,2,7H2,1H3,(H2,11,12,16). The van der Waals surface area contributed by atoms with Crippen LogP contribution in [0.5, 0.6) is 0 Å². The Hall–Kier alpha value is -1.69. The fourth-order valence-electron chi connectivity index (χ4n) is 1.14. The number of nitrogens with zero attached hydrogens (tertiary/aromatic N) is 1. The van der Waals surface area contributed by atoms with Gasteiger partial charge in [-0.15, -0.1) is 0 Å². The number of anilines is 1. The van der Waals surface area contributed by atoms with Gasteiger partial charge in [-0.2, -0.15) is 0 Å². The minimum atomic E-state index is -0.440. The molecule has 0 aromatic heterocycles. The molecule has 0 unspecified atom stereocenters. The fraction of sp³-hybridized carbons (Fsp3) is 0.300. The van der Waals surface area contributed by atoms with E-state index in [0.717, 1.165) is 13.0 Å². The number of nitro benzene ring substituents is 1. The molecule has 0 bridgehead atoms. The molecule has 1 rings (SSSR count). The number of benzene rings is 1. The number of hydrogen-bond donors (Lipinski definition) is 2. The molecule has 0 spiro atoms. The summed E-state index contributed by atoms with van der Waals surface area (Å²) < 4.78 is 0. The van der Waals surface area contributed by atoms with Crippen molar-refractivity contribution >= 4 is 28.7 Å². The molecule has 0 saturated carbocycles. The van der Waals surface area contributed by atoms with Crippen LogP contribution in [0.4, 0.5) is 11.4 Å². The minimum absolute atomic E-state index is 0.0168. The smallest absolute Gasteiger partial charge is 0.292 e. The molecular formula is C10H13N3O2S. The van der Waals surface area contributed by atoms with Gasteiger partial charge in [0.25, 0.3) is 5.69 Å². The first-order valence-electron chi connectivity index (χ1n) is 4.93. The summed E-state index contributed by atoms with van der Waals surface area (Å²) in [4.78, 5) is 10.3. The van der Waals surface area contributed by atoms with Gasteiger partial charge in [0.2, 0.25) is 0 Å². The molecule has 5 nitrogen and oxygen atoms in total. The van der Waals surface area contributed by atoms with Crippen molar-refractivity contribution in [3.8, 4) is 0 Å². The first-order chi connectivity index (χ1) is 7.65. The molecule has 86 valence electrons. The Balaban J connectivity index is 2.73. The molecule has 1 aromatic carbocycles. The lowest BCUT2D eigenvalue weighted by molar-refractivity contribution is -0.383. The number of nitro groups is 1. The number of rotatable bonds is 4. The lowest BCUT2D eigenvalue weighted by Gasteiger charge is -2.09. The normalized spacial score (nSPS) is 9.56. The van der Waals surface area contributed by atoms with Gasteiger partial charge in [0.05, 0.1) is 4.92 Å². The second kappa shape index (κ2) is 6.02. The summed E-state index contributed by atoms with van der Waals surface area (Å²) in [6.07, 6.45) is 0.943. The number of hydrogen-bond acceptors (Lipinski definition) is 3. The van der Waals surface area contributed by atoms with E-state index in [4.69, 9.17) is 12.2 Å². The van der Waals surface area contributed by atoms with Crippen molar-refractivity contribution in [1.82, 2.24) is 5.32 Å². The summed E-state index contributed by atoms with van der Waals surface area (Å²) in [6, 6.07) is 6.40. The van der Waals surface area contributed by atoms with Gasteiger partial charge < -0.3 is 10.6 Å². The van der Waals surface area contributed by atoms with Gasteiger partial charge in [-0.3, -0.25) is 10.1 Å². The van der Waals surface area contributed by atoms with Crippen molar-refractivity contribution in [1.29, 1.82) is 0 Å². The lowest BCUT2D eigenvalue weighted by atomic mass is 10.3. The molecule has 16 heavy (non-hydrogen) atoms. The van der Waals surface area contributed by atoms with Crippen LogP contribution in [0.3, 0.4) is 0 Å². The van der Waals surface area contributed by atoms with Crippen molar-refractivity contribution in [2.24, 2.45) is 0 Å². The van der Waals surface area contributed by atoms with Gasteiger partial charge in [-0.25, -0.2) is 0 Å². The molecule has 1 aromatic rings. The third kappa shape index (κ3) is 3.47. The number of nitrogens with one attached hydrogen (secondary N) is 2. The Morgan fingerprint density at radius 3 is 2.81 bits per heavy atom. The second-order valence-corrected chi connectivity index (χ2v) is 3.56. The van der Waals surface area contributed by atoms with Gasteiger partial charge in [-0.1, -0.05) is 19.1 Å². The fourth-order valence-corrected chi connectivity index (χ4v) is 1.36. The first-order valence-corrected chi connectivity index (χ1v) is 5.34. The highest BCUT2D eigenvalue weighted by Crippen LogP contribution is 2.22. The Kier molecular flexibility index (Phi) is 4.65. The third-order valence-electron chi connectivity index (χ3n) is 1.88. The zero-order valence-electron chi connectivity index (χ0n) is 8.90. The zero-order valence-corrected chi connectivity index (χ0v) is 9.71. The van der Waals surface area contributed by atoms with Crippen LogP contribution in [-0.4, -0.2) is 16.6 Å². The van der Waals surface area contributed by atoms with Crippen molar-refractivity contribution in [2.75, 3.05) is 11.9 Å². The summed E-state index contributed by atoms with van der Waals surface area (Å²) in [6.45, 7) is 2.76. The highest BCUT2D eigenvalue weighted by Gasteiger charge is 2.12. The predicted molar refractivity (Wildman–Crippen MR) is 67.6 cm³/mol. The highest BCUT2D eigenvalue weighted by molar-refractivity contribution is 7.80. The molecule has 0 saturated heterocycles. The molecule has 0 heterocycles. The summed E-state index contributed by atoms with van der Waals surface area (Å²) >= 11 is 5.00. The molecular weight excluding hydrogens is 226 g/mol. The van der Waals surface area contributed by atoms with Crippen LogP contribution >= 0.6 is 12.2 Å². The monoisotopic (exact) mass is 239 g/mol. The SMILES string of the molecule is CCCNC(=S)Nc1ccccc1[N+](=O)[O-]. The van der Waals surface area contributed by atoms with Crippen molar-refractivity contribution in [2.45, 2.75) is 13.3 Å². The van der Waals surface area contributed by atoms with Crippen LogP contribution in [0.15, 0.2) is 24.3 Å². The minimum Gasteiger partial charge on any atom is -0.362 e. The Bertz CT molecular complexity index is 395.